The van der Waals surface area contributed by atoms with Gasteiger partial charge in [0.05, 0.1) is 0 Å². The quantitative estimate of drug-likeness (QED) is 0.726. The van der Waals surface area contributed by atoms with Crippen LogP contribution in [0, 0.1) is 0 Å². The number of nitrogens with two attached hydrogens (primary N) is 1. The van der Waals surface area contributed by atoms with Gasteiger partial charge >= 0.3 is 0 Å². The fourth-order valence-corrected chi connectivity index (χ4v) is 1.47. The van der Waals surface area contributed by atoms with Gasteiger partial charge < -0.3 is 10.6 Å². The van der Waals surface area contributed by atoms with Crippen molar-refractivity contribution in [2.75, 3.05) is 20.6 Å². The lowest BCUT2D eigenvalue weighted by Crippen LogP contribution is -2.29. The Labute approximate surface area is 91.3 Å². The summed E-state index contributed by atoms with van der Waals surface area (Å²) in [6.07, 6.45) is 3.39. The molecular formula is C10H21N5. The number of hydrogen-bond donors (Lipinski definition) is 1. The topological polar surface area (TPSA) is 60.0 Å². The molecule has 5 nitrogen and oxygen atoms in total. The van der Waals surface area contributed by atoms with Crippen LogP contribution in [-0.2, 0) is 13.0 Å². The molecule has 0 fully saturated rings. The Kier molecular flexibility index (Phi) is 4.71. The molecular weight excluding hydrogens is 190 g/mol. The van der Waals surface area contributed by atoms with Crippen molar-refractivity contribution in [3.8, 4) is 0 Å². The van der Waals surface area contributed by atoms with Crippen LogP contribution in [0.25, 0.3) is 0 Å². The van der Waals surface area contributed by atoms with E-state index in [1.165, 1.54) is 0 Å². The van der Waals surface area contributed by atoms with Gasteiger partial charge in [0, 0.05) is 19.0 Å². The highest BCUT2D eigenvalue weighted by atomic mass is 15.3. The van der Waals surface area contributed by atoms with Crippen LogP contribution in [-0.4, -0.2) is 46.3 Å². The third kappa shape index (κ3) is 3.97. The van der Waals surface area contributed by atoms with Crippen molar-refractivity contribution in [2.24, 2.45) is 5.73 Å². The minimum atomic E-state index is 0.168. The number of aryl methyl sites for hydroxylation is 1. The van der Waals surface area contributed by atoms with Crippen molar-refractivity contribution in [1.82, 2.24) is 19.7 Å². The van der Waals surface area contributed by atoms with Crippen molar-refractivity contribution in [1.29, 1.82) is 0 Å². The summed E-state index contributed by atoms with van der Waals surface area (Å²) >= 11 is 0. The van der Waals surface area contributed by atoms with E-state index >= 15 is 0 Å². The summed E-state index contributed by atoms with van der Waals surface area (Å²) in [5.74, 6) is 0.990. The molecule has 1 atom stereocenters. The summed E-state index contributed by atoms with van der Waals surface area (Å²) in [6, 6.07) is 0.168. The summed E-state index contributed by atoms with van der Waals surface area (Å²) in [5.41, 5.74) is 6.03. The van der Waals surface area contributed by atoms with Crippen LogP contribution in [0.5, 0.6) is 0 Å². The van der Waals surface area contributed by atoms with E-state index in [0.29, 0.717) is 0 Å². The largest absolute Gasteiger partial charge is 0.327 e. The highest BCUT2D eigenvalue weighted by Crippen LogP contribution is 2.01. The summed E-state index contributed by atoms with van der Waals surface area (Å²) in [4.78, 5) is 6.36. The molecule has 5 heteroatoms. The minimum Gasteiger partial charge on any atom is -0.327 e. The summed E-state index contributed by atoms with van der Waals surface area (Å²) in [7, 11) is 4.11. The molecule has 0 amide bonds. The van der Waals surface area contributed by atoms with Crippen molar-refractivity contribution >= 4 is 0 Å². The first-order chi connectivity index (χ1) is 7.13. The fraction of sp³-hybridized carbons (Fsp3) is 0.800. The maximum atomic E-state index is 6.03. The van der Waals surface area contributed by atoms with Gasteiger partial charge in [0.1, 0.15) is 12.2 Å². The van der Waals surface area contributed by atoms with E-state index in [1.807, 2.05) is 4.68 Å². The van der Waals surface area contributed by atoms with Crippen LogP contribution in [0.4, 0.5) is 0 Å². The van der Waals surface area contributed by atoms with Gasteiger partial charge in [-0.1, -0.05) is 0 Å². The fourth-order valence-electron chi connectivity index (χ4n) is 1.47. The van der Waals surface area contributed by atoms with E-state index in [1.54, 1.807) is 6.33 Å². The van der Waals surface area contributed by atoms with Crippen LogP contribution in [0.15, 0.2) is 6.33 Å². The molecule has 1 aromatic rings. The third-order valence-electron chi connectivity index (χ3n) is 2.39. The second-order valence-corrected chi connectivity index (χ2v) is 4.05. The molecule has 0 aliphatic rings. The van der Waals surface area contributed by atoms with E-state index in [-0.39, 0.29) is 6.04 Å². The van der Waals surface area contributed by atoms with E-state index in [2.05, 4.69) is 36.0 Å². The van der Waals surface area contributed by atoms with Crippen molar-refractivity contribution < 1.29 is 0 Å². The lowest BCUT2D eigenvalue weighted by atomic mass is 10.1. The summed E-state index contributed by atoms with van der Waals surface area (Å²) in [6.45, 7) is 3.93. The molecule has 1 rings (SSSR count). The standard InChI is InChI=1S/C10H21N5/c1-4-15-10(12-8-13-15)7-9(11)5-6-14(2)3/h8-9H,4-7,11H2,1-3H3. The van der Waals surface area contributed by atoms with Crippen molar-refractivity contribution in [3.63, 3.8) is 0 Å². The Morgan fingerprint density at radius 1 is 1.53 bits per heavy atom. The lowest BCUT2D eigenvalue weighted by molar-refractivity contribution is 0.376. The molecule has 0 saturated carbocycles. The minimum absolute atomic E-state index is 0.168. The highest BCUT2D eigenvalue weighted by molar-refractivity contribution is 4.88. The Hall–Kier alpha value is -0.940. The molecule has 0 saturated heterocycles. The SMILES string of the molecule is CCn1ncnc1CC(N)CCN(C)C. The number of nitrogens with zero attached hydrogens (tertiary/aromatic N) is 4. The monoisotopic (exact) mass is 211 g/mol. The average Bonchev–Trinajstić information content (AvgIpc) is 2.62. The first-order valence-corrected chi connectivity index (χ1v) is 5.40. The molecule has 86 valence electrons. The van der Waals surface area contributed by atoms with E-state index < -0.39 is 0 Å². The summed E-state index contributed by atoms with van der Waals surface area (Å²) < 4.78 is 1.90. The predicted molar refractivity (Wildman–Crippen MR) is 60.5 cm³/mol. The van der Waals surface area contributed by atoms with Crippen LogP contribution in [0.3, 0.4) is 0 Å². The molecule has 15 heavy (non-hydrogen) atoms. The van der Waals surface area contributed by atoms with Gasteiger partial charge in [0.25, 0.3) is 0 Å². The molecule has 0 bridgehead atoms. The first-order valence-electron chi connectivity index (χ1n) is 5.40. The Balaban J connectivity index is 2.40. The van der Waals surface area contributed by atoms with Crippen LogP contribution >= 0.6 is 0 Å². The second kappa shape index (κ2) is 5.82. The maximum absolute atomic E-state index is 6.03. The number of rotatable bonds is 6. The number of hydrogen-bond acceptors (Lipinski definition) is 4. The second-order valence-electron chi connectivity index (χ2n) is 4.05. The van der Waals surface area contributed by atoms with Crippen molar-refractivity contribution in [2.45, 2.75) is 32.4 Å². The maximum Gasteiger partial charge on any atom is 0.138 e. The number of aromatic nitrogens is 3. The first kappa shape index (κ1) is 12.1. The molecule has 1 aromatic heterocycles. The Morgan fingerprint density at radius 2 is 2.27 bits per heavy atom. The highest BCUT2D eigenvalue weighted by Gasteiger charge is 2.09. The van der Waals surface area contributed by atoms with E-state index in [4.69, 9.17) is 5.73 Å². The lowest BCUT2D eigenvalue weighted by Gasteiger charge is -2.14. The molecule has 0 aliphatic heterocycles. The van der Waals surface area contributed by atoms with Crippen LogP contribution < -0.4 is 5.73 Å². The normalized spacial score (nSPS) is 13.4. The Bertz CT molecular complexity index is 281. The molecule has 0 spiro atoms. The van der Waals surface area contributed by atoms with Gasteiger partial charge in [-0.25, -0.2) is 4.98 Å². The van der Waals surface area contributed by atoms with Crippen LogP contribution in [0.1, 0.15) is 19.2 Å². The molecule has 0 aromatic carbocycles. The van der Waals surface area contributed by atoms with Crippen molar-refractivity contribution in [3.05, 3.63) is 12.2 Å². The zero-order valence-electron chi connectivity index (χ0n) is 9.85. The smallest absolute Gasteiger partial charge is 0.138 e. The van der Waals surface area contributed by atoms with Gasteiger partial charge in [-0.2, -0.15) is 5.10 Å². The molecule has 1 heterocycles. The predicted octanol–water partition coefficient (Wildman–Crippen LogP) is 0.120. The Morgan fingerprint density at radius 3 is 2.87 bits per heavy atom. The molecule has 1 unspecified atom stereocenters. The third-order valence-corrected chi connectivity index (χ3v) is 2.39. The molecule has 2 N–H and O–H groups in total. The van der Waals surface area contributed by atoms with Crippen LogP contribution in [0.2, 0.25) is 0 Å². The van der Waals surface area contributed by atoms with E-state index in [0.717, 1.165) is 31.8 Å². The molecule has 0 radical (unpaired) electrons. The van der Waals surface area contributed by atoms with Gasteiger partial charge in [0.2, 0.25) is 0 Å². The van der Waals surface area contributed by atoms with Gasteiger partial charge in [-0.3, -0.25) is 4.68 Å². The van der Waals surface area contributed by atoms with Gasteiger partial charge in [0.15, 0.2) is 0 Å². The average molecular weight is 211 g/mol. The van der Waals surface area contributed by atoms with Gasteiger partial charge in [-0.05, 0) is 34.0 Å². The van der Waals surface area contributed by atoms with E-state index in [9.17, 15) is 0 Å². The summed E-state index contributed by atoms with van der Waals surface area (Å²) in [5, 5.41) is 4.12. The zero-order valence-corrected chi connectivity index (χ0v) is 9.85. The van der Waals surface area contributed by atoms with Gasteiger partial charge in [-0.15, -0.1) is 0 Å². The molecule has 0 aliphatic carbocycles. The zero-order chi connectivity index (χ0) is 11.3.